The highest BCUT2D eigenvalue weighted by atomic mass is 19.4. The van der Waals surface area contributed by atoms with Crippen LogP contribution < -0.4 is 5.69 Å². The predicted octanol–water partition coefficient (Wildman–Crippen LogP) is 2.39. The average Bonchev–Trinajstić information content (AvgIpc) is 2.31. The number of hydrogen-bond acceptors (Lipinski definition) is 3. The molecule has 0 aliphatic rings. The van der Waals surface area contributed by atoms with E-state index >= 15 is 0 Å². The molecule has 1 N–H and O–H groups in total. The van der Waals surface area contributed by atoms with Crippen LogP contribution in [-0.2, 0) is 11.3 Å². The molecule has 21 heavy (non-hydrogen) atoms. The molecule has 1 atom stereocenters. The second-order valence-electron chi connectivity index (χ2n) is 4.91. The van der Waals surface area contributed by atoms with Crippen molar-refractivity contribution in [3.8, 4) is 0 Å². The number of aryl methyl sites for hydroxylation is 1. The fourth-order valence-electron chi connectivity index (χ4n) is 2.27. The number of carboxylic acids is 1. The van der Waals surface area contributed by atoms with E-state index in [0.717, 1.165) is 4.57 Å². The third kappa shape index (κ3) is 4.30. The van der Waals surface area contributed by atoms with E-state index in [9.17, 15) is 22.8 Å². The summed E-state index contributed by atoms with van der Waals surface area (Å²) in [5.74, 6) is -1.96. The van der Waals surface area contributed by atoms with E-state index in [1.807, 2.05) is 0 Å². The van der Waals surface area contributed by atoms with Gasteiger partial charge in [-0.25, -0.2) is 4.79 Å². The molecule has 0 saturated carbocycles. The molecule has 1 unspecified atom stereocenters. The molecule has 8 heteroatoms. The third-order valence-corrected chi connectivity index (χ3v) is 3.32. The molecular weight excluding hydrogens is 289 g/mol. The molecule has 1 aromatic heterocycles. The number of hydrogen-bond donors (Lipinski definition) is 1. The van der Waals surface area contributed by atoms with Crippen LogP contribution in [0.2, 0.25) is 0 Å². The Bertz CT molecular complexity index is 594. The molecule has 0 bridgehead atoms. The van der Waals surface area contributed by atoms with Crippen molar-refractivity contribution in [3.63, 3.8) is 0 Å². The molecule has 0 spiro atoms. The van der Waals surface area contributed by atoms with Crippen LogP contribution >= 0.6 is 0 Å². The summed E-state index contributed by atoms with van der Waals surface area (Å²) in [5, 5.41) is 9.06. The summed E-state index contributed by atoms with van der Waals surface area (Å²) >= 11 is 0. The van der Waals surface area contributed by atoms with Crippen molar-refractivity contribution in [2.45, 2.75) is 52.3 Å². The van der Waals surface area contributed by atoms with Crippen LogP contribution in [-0.4, -0.2) is 26.8 Å². The average molecular weight is 306 g/mol. The first-order valence-corrected chi connectivity index (χ1v) is 6.42. The van der Waals surface area contributed by atoms with Crippen LogP contribution in [0, 0.1) is 13.8 Å². The zero-order chi connectivity index (χ0) is 16.4. The van der Waals surface area contributed by atoms with Gasteiger partial charge < -0.3 is 5.11 Å². The van der Waals surface area contributed by atoms with Crippen LogP contribution in [0.1, 0.15) is 42.6 Å². The number of carbonyl (C=O) groups is 1. The molecular formula is C13H17F3N2O3. The van der Waals surface area contributed by atoms with Crippen LogP contribution in [0.25, 0.3) is 0 Å². The third-order valence-electron chi connectivity index (χ3n) is 3.32. The van der Waals surface area contributed by atoms with E-state index in [1.54, 1.807) is 0 Å². The molecule has 0 aliphatic heterocycles. The van der Waals surface area contributed by atoms with E-state index in [0.29, 0.717) is 17.0 Å². The Labute approximate surface area is 119 Å². The van der Waals surface area contributed by atoms with Crippen LogP contribution in [0.4, 0.5) is 13.2 Å². The minimum absolute atomic E-state index is 0.142. The zero-order valence-electron chi connectivity index (χ0n) is 12.0. The predicted molar refractivity (Wildman–Crippen MR) is 69.3 cm³/mol. The number of aliphatic carboxylic acids is 1. The topological polar surface area (TPSA) is 72.2 Å². The molecule has 1 heterocycles. The summed E-state index contributed by atoms with van der Waals surface area (Å²) in [4.78, 5) is 26.6. The lowest BCUT2D eigenvalue weighted by molar-refractivity contribution is -0.138. The SMILES string of the molecule is Cc1nc(=O)n(CCCC(F)(F)F)c(C)c1C(C)C(=O)O. The minimum Gasteiger partial charge on any atom is -0.481 e. The summed E-state index contributed by atoms with van der Waals surface area (Å²) < 4.78 is 37.6. The van der Waals surface area contributed by atoms with Gasteiger partial charge in [0.25, 0.3) is 0 Å². The highest BCUT2D eigenvalue weighted by molar-refractivity contribution is 5.76. The number of rotatable bonds is 5. The van der Waals surface area contributed by atoms with Crippen molar-refractivity contribution >= 4 is 5.97 Å². The van der Waals surface area contributed by atoms with E-state index in [2.05, 4.69) is 4.98 Å². The van der Waals surface area contributed by atoms with Gasteiger partial charge in [0.05, 0.1) is 5.92 Å². The van der Waals surface area contributed by atoms with Crippen molar-refractivity contribution in [1.29, 1.82) is 0 Å². The summed E-state index contributed by atoms with van der Waals surface area (Å²) in [5.41, 5.74) is 0.353. The van der Waals surface area contributed by atoms with Gasteiger partial charge in [0.2, 0.25) is 0 Å². The van der Waals surface area contributed by atoms with E-state index in [4.69, 9.17) is 5.11 Å². The Morgan fingerprint density at radius 3 is 2.43 bits per heavy atom. The number of alkyl halides is 3. The smallest absolute Gasteiger partial charge is 0.389 e. The first kappa shape index (κ1) is 17.2. The van der Waals surface area contributed by atoms with Crippen molar-refractivity contribution in [3.05, 3.63) is 27.4 Å². The molecule has 0 radical (unpaired) electrons. The van der Waals surface area contributed by atoms with Crippen molar-refractivity contribution in [2.24, 2.45) is 0 Å². The molecule has 0 aromatic carbocycles. The van der Waals surface area contributed by atoms with Gasteiger partial charge in [-0.1, -0.05) is 0 Å². The summed E-state index contributed by atoms with van der Waals surface area (Å²) in [7, 11) is 0. The van der Waals surface area contributed by atoms with Gasteiger partial charge in [0.15, 0.2) is 0 Å². The largest absolute Gasteiger partial charge is 0.481 e. The maximum absolute atomic E-state index is 12.2. The number of nitrogens with zero attached hydrogens (tertiary/aromatic N) is 2. The summed E-state index contributed by atoms with van der Waals surface area (Å²) in [6.07, 6.45) is -5.54. The molecule has 0 fully saturated rings. The van der Waals surface area contributed by atoms with Gasteiger partial charge >= 0.3 is 17.8 Å². The number of halogens is 3. The van der Waals surface area contributed by atoms with Crippen LogP contribution in [0.15, 0.2) is 4.79 Å². The van der Waals surface area contributed by atoms with Crippen LogP contribution in [0.3, 0.4) is 0 Å². The number of aromatic nitrogens is 2. The lowest BCUT2D eigenvalue weighted by atomic mass is 9.98. The highest BCUT2D eigenvalue weighted by Crippen LogP contribution is 2.24. The zero-order valence-corrected chi connectivity index (χ0v) is 12.0. The standard InChI is InChI=1S/C13H17F3N2O3/c1-7(11(19)20)10-8(2)17-12(21)18(9(10)3)6-4-5-13(14,15)16/h7H,4-6H2,1-3H3,(H,19,20). The first-order valence-electron chi connectivity index (χ1n) is 6.42. The Kier molecular flexibility index (Phi) is 5.14. The van der Waals surface area contributed by atoms with Gasteiger partial charge in [-0.3, -0.25) is 9.36 Å². The molecule has 1 aromatic rings. The lowest BCUT2D eigenvalue weighted by Crippen LogP contribution is -2.29. The van der Waals surface area contributed by atoms with E-state index < -0.39 is 30.2 Å². The van der Waals surface area contributed by atoms with Gasteiger partial charge in [-0.2, -0.15) is 18.2 Å². The lowest BCUT2D eigenvalue weighted by Gasteiger charge is -2.18. The molecule has 118 valence electrons. The van der Waals surface area contributed by atoms with Crippen molar-refractivity contribution < 1.29 is 23.1 Å². The second kappa shape index (κ2) is 6.28. The maximum atomic E-state index is 12.2. The van der Waals surface area contributed by atoms with Gasteiger partial charge in [-0.15, -0.1) is 0 Å². The Hall–Kier alpha value is -1.86. The van der Waals surface area contributed by atoms with Crippen molar-refractivity contribution in [2.75, 3.05) is 0 Å². The van der Waals surface area contributed by atoms with Crippen LogP contribution in [0.5, 0.6) is 0 Å². The quantitative estimate of drug-likeness (QED) is 0.906. The molecule has 0 saturated heterocycles. The Morgan fingerprint density at radius 1 is 1.38 bits per heavy atom. The van der Waals surface area contributed by atoms with E-state index in [1.165, 1.54) is 20.8 Å². The highest BCUT2D eigenvalue weighted by Gasteiger charge is 2.27. The first-order chi connectivity index (χ1) is 9.54. The molecule has 5 nitrogen and oxygen atoms in total. The fourth-order valence-corrected chi connectivity index (χ4v) is 2.27. The summed E-state index contributed by atoms with van der Waals surface area (Å²) in [6, 6.07) is 0. The van der Waals surface area contributed by atoms with Gasteiger partial charge in [-0.05, 0) is 27.2 Å². The Morgan fingerprint density at radius 2 is 1.95 bits per heavy atom. The molecule has 0 amide bonds. The minimum atomic E-state index is -4.28. The van der Waals surface area contributed by atoms with Gasteiger partial charge in [0.1, 0.15) is 0 Å². The van der Waals surface area contributed by atoms with Gasteiger partial charge in [0, 0.05) is 29.9 Å². The molecule has 1 rings (SSSR count). The van der Waals surface area contributed by atoms with E-state index in [-0.39, 0.29) is 13.0 Å². The van der Waals surface area contributed by atoms with Crippen molar-refractivity contribution in [1.82, 2.24) is 9.55 Å². The molecule has 0 aliphatic carbocycles. The second-order valence-corrected chi connectivity index (χ2v) is 4.91. The number of carboxylic acid groups (broad SMARTS) is 1. The summed E-state index contributed by atoms with van der Waals surface area (Å²) in [6.45, 7) is 4.35. The monoisotopic (exact) mass is 306 g/mol. The normalized spacial score (nSPS) is 13.2. The fraction of sp³-hybridized carbons (Fsp3) is 0.615. The Balaban J connectivity index is 3.13. The maximum Gasteiger partial charge on any atom is 0.389 e.